The summed E-state index contributed by atoms with van der Waals surface area (Å²) in [5.41, 5.74) is 1.11. The Labute approximate surface area is 96.3 Å². The predicted octanol–water partition coefficient (Wildman–Crippen LogP) is 4.62. The smallest absolute Gasteiger partial charge is 0.0444 e. The molecule has 1 aliphatic rings. The third-order valence-electron chi connectivity index (χ3n) is 2.70. The SMILES string of the molecule is Cl/C(=C\C1C=CCCC1)c1ccccc1. The van der Waals surface area contributed by atoms with Gasteiger partial charge in [0.2, 0.25) is 0 Å². The fraction of sp³-hybridized carbons (Fsp3) is 0.286. The summed E-state index contributed by atoms with van der Waals surface area (Å²) < 4.78 is 0. The van der Waals surface area contributed by atoms with E-state index in [1.807, 2.05) is 30.3 Å². The highest BCUT2D eigenvalue weighted by Gasteiger charge is 2.06. The van der Waals surface area contributed by atoms with Crippen LogP contribution < -0.4 is 0 Å². The molecule has 2 rings (SSSR count). The topological polar surface area (TPSA) is 0 Å². The predicted molar refractivity (Wildman–Crippen MR) is 66.8 cm³/mol. The first-order valence-electron chi connectivity index (χ1n) is 5.45. The van der Waals surface area contributed by atoms with Crippen molar-refractivity contribution in [2.45, 2.75) is 19.3 Å². The van der Waals surface area contributed by atoms with Crippen LogP contribution in [0.2, 0.25) is 0 Å². The summed E-state index contributed by atoms with van der Waals surface area (Å²) in [6.45, 7) is 0. The van der Waals surface area contributed by atoms with Gasteiger partial charge in [-0.25, -0.2) is 0 Å². The van der Waals surface area contributed by atoms with Crippen molar-refractivity contribution in [2.75, 3.05) is 0 Å². The molecule has 0 nitrogen and oxygen atoms in total. The Morgan fingerprint density at radius 1 is 1.27 bits per heavy atom. The first-order valence-corrected chi connectivity index (χ1v) is 5.83. The summed E-state index contributed by atoms with van der Waals surface area (Å²) in [5.74, 6) is 0.520. The summed E-state index contributed by atoms with van der Waals surface area (Å²) >= 11 is 6.27. The summed E-state index contributed by atoms with van der Waals surface area (Å²) in [7, 11) is 0. The molecule has 0 fully saturated rings. The van der Waals surface area contributed by atoms with Gasteiger partial charge >= 0.3 is 0 Å². The maximum atomic E-state index is 6.27. The lowest BCUT2D eigenvalue weighted by molar-refractivity contribution is 0.632. The van der Waals surface area contributed by atoms with Gasteiger partial charge < -0.3 is 0 Å². The fourth-order valence-electron chi connectivity index (χ4n) is 1.86. The standard InChI is InChI=1S/C14H15Cl/c15-14(13-9-5-2-6-10-13)11-12-7-3-1-4-8-12/h2-3,5-7,9-12H,1,4,8H2/b14-11-. The molecule has 0 radical (unpaired) electrons. The summed E-state index contributed by atoms with van der Waals surface area (Å²) in [5, 5.41) is 0.868. The number of rotatable bonds is 2. The van der Waals surface area contributed by atoms with Crippen molar-refractivity contribution in [3.63, 3.8) is 0 Å². The maximum Gasteiger partial charge on any atom is 0.0444 e. The molecule has 0 heterocycles. The molecule has 1 heteroatoms. The molecule has 1 unspecified atom stereocenters. The second-order valence-corrected chi connectivity index (χ2v) is 4.31. The Bertz CT molecular complexity index is 362. The Balaban J connectivity index is 2.13. The summed E-state index contributed by atoms with van der Waals surface area (Å²) in [6, 6.07) is 10.1. The van der Waals surface area contributed by atoms with Crippen LogP contribution in [-0.2, 0) is 0 Å². The van der Waals surface area contributed by atoms with Crippen molar-refractivity contribution in [2.24, 2.45) is 5.92 Å². The lowest BCUT2D eigenvalue weighted by atomic mass is 9.95. The lowest BCUT2D eigenvalue weighted by Crippen LogP contribution is -1.97. The van der Waals surface area contributed by atoms with E-state index >= 15 is 0 Å². The summed E-state index contributed by atoms with van der Waals surface area (Å²) in [4.78, 5) is 0. The average Bonchev–Trinajstić information content (AvgIpc) is 2.31. The molecule has 78 valence electrons. The normalized spacial score (nSPS) is 21.7. The molecule has 1 aliphatic carbocycles. The zero-order chi connectivity index (χ0) is 10.5. The minimum atomic E-state index is 0.520. The van der Waals surface area contributed by atoms with Crippen LogP contribution in [0.1, 0.15) is 24.8 Å². The molecule has 0 bridgehead atoms. The van der Waals surface area contributed by atoms with Gasteiger partial charge in [0, 0.05) is 5.03 Å². The van der Waals surface area contributed by atoms with Crippen LogP contribution in [0.3, 0.4) is 0 Å². The van der Waals surface area contributed by atoms with Crippen LogP contribution in [-0.4, -0.2) is 0 Å². The highest BCUT2D eigenvalue weighted by atomic mass is 35.5. The van der Waals surface area contributed by atoms with Crippen LogP contribution in [0.4, 0.5) is 0 Å². The highest BCUT2D eigenvalue weighted by Crippen LogP contribution is 2.25. The van der Waals surface area contributed by atoms with Gasteiger partial charge in [0.1, 0.15) is 0 Å². The molecule has 1 aromatic rings. The third-order valence-corrected chi connectivity index (χ3v) is 3.05. The van der Waals surface area contributed by atoms with Crippen LogP contribution in [0.25, 0.3) is 5.03 Å². The van der Waals surface area contributed by atoms with E-state index in [0.29, 0.717) is 5.92 Å². The van der Waals surface area contributed by atoms with E-state index in [4.69, 9.17) is 11.6 Å². The zero-order valence-electron chi connectivity index (χ0n) is 8.70. The molecule has 0 aromatic heterocycles. The number of allylic oxidation sites excluding steroid dienone is 3. The van der Waals surface area contributed by atoms with E-state index in [1.54, 1.807) is 0 Å². The molecular weight excluding hydrogens is 204 g/mol. The Hall–Kier alpha value is -1.01. The molecular formula is C14H15Cl. The van der Waals surface area contributed by atoms with Gasteiger partial charge in [-0.05, 0) is 30.7 Å². The van der Waals surface area contributed by atoms with Crippen molar-refractivity contribution in [1.82, 2.24) is 0 Å². The van der Waals surface area contributed by atoms with Crippen molar-refractivity contribution in [1.29, 1.82) is 0 Å². The molecule has 0 saturated heterocycles. The van der Waals surface area contributed by atoms with Gasteiger partial charge in [-0.3, -0.25) is 0 Å². The van der Waals surface area contributed by atoms with E-state index in [1.165, 1.54) is 19.3 Å². The second kappa shape index (κ2) is 5.18. The zero-order valence-corrected chi connectivity index (χ0v) is 9.45. The Morgan fingerprint density at radius 2 is 2.07 bits per heavy atom. The highest BCUT2D eigenvalue weighted by molar-refractivity contribution is 6.48. The molecule has 0 amide bonds. The van der Waals surface area contributed by atoms with Gasteiger partial charge in [-0.15, -0.1) is 0 Å². The van der Waals surface area contributed by atoms with Gasteiger partial charge in [0.25, 0.3) is 0 Å². The first kappa shape index (κ1) is 10.5. The molecule has 0 aliphatic heterocycles. The quantitative estimate of drug-likeness (QED) is 0.636. The van der Waals surface area contributed by atoms with E-state index in [9.17, 15) is 0 Å². The third kappa shape index (κ3) is 2.97. The van der Waals surface area contributed by atoms with E-state index < -0.39 is 0 Å². The van der Waals surface area contributed by atoms with Gasteiger partial charge in [0.05, 0.1) is 0 Å². The molecule has 1 atom stereocenters. The van der Waals surface area contributed by atoms with E-state index in [0.717, 1.165) is 10.6 Å². The van der Waals surface area contributed by atoms with Crippen LogP contribution in [0, 0.1) is 5.92 Å². The molecule has 0 spiro atoms. The maximum absolute atomic E-state index is 6.27. The number of halogens is 1. The number of benzene rings is 1. The Kier molecular flexibility index (Phi) is 3.63. The van der Waals surface area contributed by atoms with Crippen LogP contribution >= 0.6 is 11.6 Å². The van der Waals surface area contributed by atoms with Crippen molar-refractivity contribution >= 4 is 16.6 Å². The first-order chi connectivity index (χ1) is 7.36. The van der Waals surface area contributed by atoms with Crippen molar-refractivity contribution < 1.29 is 0 Å². The van der Waals surface area contributed by atoms with Crippen molar-refractivity contribution in [3.05, 3.63) is 54.1 Å². The largest absolute Gasteiger partial charge is 0.0879 e. The van der Waals surface area contributed by atoms with E-state index in [2.05, 4.69) is 18.2 Å². The van der Waals surface area contributed by atoms with Gasteiger partial charge in [-0.2, -0.15) is 0 Å². The van der Waals surface area contributed by atoms with Crippen LogP contribution in [0.5, 0.6) is 0 Å². The van der Waals surface area contributed by atoms with Gasteiger partial charge in [0.15, 0.2) is 0 Å². The van der Waals surface area contributed by atoms with Crippen LogP contribution in [0.15, 0.2) is 48.6 Å². The molecule has 1 aromatic carbocycles. The number of hydrogen-bond acceptors (Lipinski definition) is 0. The molecule has 0 saturated carbocycles. The molecule has 15 heavy (non-hydrogen) atoms. The van der Waals surface area contributed by atoms with E-state index in [-0.39, 0.29) is 0 Å². The minimum Gasteiger partial charge on any atom is -0.0879 e. The lowest BCUT2D eigenvalue weighted by Gasteiger charge is -2.12. The average molecular weight is 219 g/mol. The Morgan fingerprint density at radius 3 is 2.73 bits per heavy atom. The second-order valence-electron chi connectivity index (χ2n) is 3.90. The number of hydrogen-bond donors (Lipinski definition) is 0. The molecule has 0 N–H and O–H groups in total. The van der Waals surface area contributed by atoms with Crippen molar-refractivity contribution in [3.8, 4) is 0 Å². The summed E-state index contributed by atoms with van der Waals surface area (Å²) in [6.07, 6.45) is 10.4. The van der Waals surface area contributed by atoms with Gasteiger partial charge in [-0.1, -0.05) is 60.2 Å². The monoisotopic (exact) mass is 218 g/mol. The fourth-order valence-corrected chi connectivity index (χ4v) is 2.15. The minimum absolute atomic E-state index is 0.520.